The Hall–Kier alpha value is -1.47. The van der Waals surface area contributed by atoms with Crippen LogP contribution in [0.3, 0.4) is 0 Å². The van der Waals surface area contributed by atoms with E-state index in [0.717, 1.165) is 0 Å². The lowest BCUT2D eigenvalue weighted by Gasteiger charge is -2.11. The number of esters is 1. The summed E-state index contributed by atoms with van der Waals surface area (Å²) in [5, 5.41) is 7.49. The predicted octanol–water partition coefficient (Wildman–Crippen LogP) is -0.685. The van der Waals surface area contributed by atoms with Crippen LogP contribution in [0.2, 0.25) is 0 Å². The molecule has 1 unspecified atom stereocenters. The van der Waals surface area contributed by atoms with Gasteiger partial charge >= 0.3 is 5.97 Å². The maximum atomic E-state index is 11.4. The maximum Gasteiger partial charge on any atom is 0.328 e. The molecule has 1 aromatic rings. The molecule has 0 saturated carbocycles. The third kappa shape index (κ3) is 3.95. The van der Waals surface area contributed by atoms with E-state index >= 15 is 0 Å². The van der Waals surface area contributed by atoms with Crippen LogP contribution in [0.4, 0.5) is 0 Å². The molecule has 0 aliphatic heterocycles. The Morgan fingerprint density at radius 3 is 3.00 bits per heavy atom. The lowest BCUT2D eigenvalue weighted by atomic mass is 10.4. The van der Waals surface area contributed by atoms with E-state index in [1.807, 2.05) is 0 Å². The predicted molar refractivity (Wildman–Crippen MR) is 55.3 cm³/mol. The molecule has 0 aliphatic carbocycles. The number of nitrogens with zero attached hydrogens (tertiary/aromatic N) is 3. The van der Waals surface area contributed by atoms with Gasteiger partial charge in [0, 0.05) is 13.7 Å². The molecule has 0 radical (unpaired) electrons. The second-order valence-electron chi connectivity index (χ2n) is 3.37. The average Bonchev–Trinajstić information content (AvgIpc) is 2.65. The molecular weight excluding hydrogens is 212 g/mol. The highest BCUT2D eigenvalue weighted by molar-refractivity contribution is 5.69. The minimum atomic E-state index is -0.377. The first-order valence-electron chi connectivity index (χ1n) is 4.93. The Labute approximate surface area is 93.5 Å². The molecule has 0 aromatic carbocycles. The van der Waals surface area contributed by atoms with Crippen LogP contribution in [0.5, 0.6) is 0 Å². The highest BCUT2D eigenvalue weighted by atomic mass is 16.6. The Bertz CT molecular complexity index is 339. The zero-order valence-corrected chi connectivity index (χ0v) is 9.42. The van der Waals surface area contributed by atoms with Crippen molar-refractivity contribution in [2.45, 2.75) is 26.1 Å². The molecule has 16 heavy (non-hydrogen) atoms. The second-order valence-corrected chi connectivity index (χ2v) is 3.37. The number of carbonyl (C=O) groups excluding carboxylic acids is 1. The Morgan fingerprint density at radius 2 is 2.44 bits per heavy atom. The molecule has 7 nitrogen and oxygen atoms in total. The molecular formula is C9H16N4O3. The van der Waals surface area contributed by atoms with Crippen molar-refractivity contribution in [2.75, 3.05) is 13.7 Å². The molecule has 90 valence electrons. The summed E-state index contributed by atoms with van der Waals surface area (Å²) in [6.07, 6.45) is 1.34. The van der Waals surface area contributed by atoms with Gasteiger partial charge in [-0.15, -0.1) is 5.10 Å². The van der Waals surface area contributed by atoms with E-state index in [1.165, 1.54) is 4.68 Å². The van der Waals surface area contributed by atoms with Crippen LogP contribution >= 0.6 is 0 Å². The Morgan fingerprint density at radius 1 is 1.69 bits per heavy atom. The van der Waals surface area contributed by atoms with Gasteiger partial charge in [0.05, 0.1) is 18.5 Å². The van der Waals surface area contributed by atoms with Gasteiger partial charge in [-0.05, 0) is 6.92 Å². The molecule has 0 amide bonds. The summed E-state index contributed by atoms with van der Waals surface area (Å²) in [7, 11) is 1.55. The SMILES string of the molecule is COCC(C)OC(=O)Cn1cc(CN)nn1. The molecule has 0 saturated heterocycles. The molecule has 0 bridgehead atoms. The van der Waals surface area contributed by atoms with Gasteiger partial charge in [0.1, 0.15) is 12.6 Å². The molecule has 1 rings (SSSR count). The fourth-order valence-corrected chi connectivity index (χ4v) is 1.17. The van der Waals surface area contributed by atoms with Crippen molar-refractivity contribution in [2.24, 2.45) is 5.73 Å². The van der Waals surface area contributed by atoms with Crippen molar-refractivity contribution in [1.29, 1.82) is 0 Å². The van der Waals surface area contributed by atoms with Crippen molar-refractivity contribution >= 4 is 5.97 Å². The third-order valence-corrected chi connectivity index (χ3v) is 1.82. The molecule has 7 heteroatoms. The zero-order chi connectivity index (χ0) is 12.0. The van der Waals surface area contributed by atoms with Crippen LogP contribution in [0.1, 0.15) is 12.6 Å². The molecule has 2 N–H and O–H groups in total. The van der Waals surface area contributed by atoms with E-state index in [4.69, 9.17) is 15.2 Å². The van der Waals surface area contributed by atoms with Gasteiger partial charge in [0.15, 0.2) is 0 Å². The minimum absolute atomic E-state index is 0.0288. The van der Waals surface area contributed by atoms with E-state index < -0.39 is 0 Å². The van der Waals surface area contributed by atoms with Crippen molar-refractivity contribution in [3.63, 3.8) is 0 Å². The number of ether oxygens (including phenoxy) is 2. The topological polar surface area (TPSA) is 92.3 Å². The fourth-order valence-electron chi connectivity index (χ4n) is 1.17. The van der Waals surface area contributed by atoms with E-state index in [1.54, 1.807) is 20.2 Å². The fraction of sp³-hybridized carbons (Fsp3) is 0.667. The van der Waals surface area contributed by atoms with Crippen LogP contribution in [0.15, 0.2) is 6.20 Å². The number of methoxy groups -OCH3 is 1. The number of hydrogen-bond acceptors (Lipinski definition) is 6. The highest BCUT2D eigenvalue weighted by Gasteiger charge is 2.10. The number of rotatable bonds is 6. The van der Waals surface area contributed by atoms with Gasteiger partial charge in [-0.25, -0.2) is 4.68 Å². The lowest BCUT2D eigenvalue weighted by molar-refractivity contribution is -0.151. The summed E-state index contributed by atoms with van der Waals surface area (Å²) in [4.78, 5) is 11.4. The largest absolute Gasteiger partial charge is 0.459 e. The van der Waals surface area contributed by atoms with Gasteiger partial charge < -0.3 is 15.2 Å². The first kappa shape index (κ1) is 12.6. The summed E-state index contributed by atoms with van der Waals surface area (Å²) < 4.78 is 11.3. The van der Waals surface area contributed by atoms with Gasteiger partial charge in [-0.3, -0.25) is 4.79 Å². The van der Waals surface area contributed by atoms with Gasteiger partial charge in [-0.2, -0.15) is 0 Å². The third-order valence-electron chi connectivity index (χ3n) is 1.82. The normalized spacial score (nSPS) is 12.4. The average molecular weight is 228 g/mol. The zero-order valence-electron chi connectivity index (χ0n) is 9.42. The number of aromatic nitrogens is 3. The molecule has 1 heterocycles. The van der Waals surface area contributed by atoms with Gasteiger partial charge in [0.25, 0.3) is 0 Å². The van der Waals surface area contributed by atoms with Crippen molar-refractivity contribution < 1.29 is 14.3 Å². The van der Waals surface area contributed by atoms with Crippen molar-refractivity contribution in [1.82, 2.24) is 15.0 Å². The summed E-state index contributed by atoms with van der Waals surface area (Å²) in [5.74, 6) is -0.377. The van der Waals surface area contributed by atoms with Crippen molar-refractivity contribution in [3.05, 3.63) is 11.9 Å². The van der Waals surface area contributed by atoms with E-state index in [-0.39, 0.29) is 18.6 Å². The Kier molecular flexibility index (Phi) is 4.87. The molecule has 0 fully saturated rings. The van der Waals surface area contributed by atoms with Crippen LogP contribution in [-0.4, -0.2) is 40.8 Å². The summed E-state index contributed by atoms with van der Waals surface area (Å²) in [5.41, 5.74) is 6.00. The van der Waals surface area contributed by atoms with Crippen LogP contribution < -0.4 is 5.73 Å². The first-order chi connectivity index (χ1) is 7.65. The first-order valence-corrected chi connectivity index (χ1v) is 4.93. The number of carbonyl (C=O) groups is 1. The quantitative estimate of drug-likeness (QED) is 0.648. The van der Waals surface area contributed by atoms with E-state index in [0.29, 0.717) is 18.8 Å². The van der Waals surface area contributed by atoms with Crippen LogP contribution in [0.25, 0.3) is 0 Å². The second kappa shape index (κ2) is 6.19. The highest BCUT2D eigenvalue weighted by Crippen LogP contribution is 1.96. The minimum Gasteiger partial charge on any atom is -0.459 e. The summed E-state index contributed by atoms with van der Waals surface area (Å²) in [6.45, 7) is 2.46. The van der Waals surface area contributed by atoms with Crippen LogP contribution in [-0.2, 0) is 27.4 Å². The molecule has 1 atom stereocenters. The number of nitrogens with two attached hydrogens (primary N) is 1. The monoisotopic (exact) mass is 228 g/mol. The molecule has 0 spiro atoms. The molecule has 1 aromatic heterocycles. The van der Waals surface area contributed by atoms with Gasteiger partial charge in [0.2, 0.25) is 0 Å². The van der Waals surface area contributed by atoms with Gasteiger partial charge in [-0.1, -0.05) is 5.21 Å². The molecule has 0 aliphatic rings. The maximum absolute atomic E-state index is 11.4. The van der Waals surface area contributed by atoms with E-state index in [2.05, 4.69) is 10.3 Å². The summed E-state index contributed by atoms with van der Waals surface area (Å²) in [6, 6.07) is 0. The van der Waals surface area contributed by atoms with Crippen molar-refractivity contribution in [3.8, 4) is 0 Å². The number of hydrogen-bond donors (Lipinski definition) is 1. The summed E-state index contributed by atoms with van der Waals surface area (Å²) >= 11 is 0. The van der Waals surface area contributed by atoms with E-state index in [9.17, 15) is 4.79 Å². The van der Waals surface area contributed by atoms with Crippen LogP contribution in [0, 0.1) is 0 Å². The lowest BCUT2D eigenvalue weighted by Crippen LogP contribution is -2.23. The standard InChI is InChI=1S/C9H16N4O3/c1-7(6-15-2)16-9(14)5-13-4-8(3-10)11-12-13/h4,7H,3,5-6,10H2,1-2H3. The Balaban J connectivity index is 2.39. The smallest absolute Gasteiger partial charge is 0.328 e.